The molecule has 144 valence electrons. The van der Waals surface area contributed by atoms with Gasteiger partial charge < -0.3 is 24.2 Å². The van der Waals surface area contributed by atoms with Crippen molar-refractivity contribution in [3.8, 4) is 5.88 Å². The monoisotopic (exact) mass is 365 g/mol. The molecule has 3 heterocycles. The van der Waals surface area contributed by atoms with Gasteiger partial charge in [-0.1, -0.05) is 0 Å². The van der Waals surface area contributed by atoms with Gasteiger partial charge in [0.15, 0.2) is 0 Å². The van der Waals surface area contributed by atoms with Crippen molar-refractivity contribution >= 4 is 5.91 Å². The van der Waals surface area contributed by atoms with E-state index >= 15 is 0 Å². The minimum atomic E-state index is 0.00410. The molecule has 1 aromatic rings. The third-order valence-electron chi connectivity index (χ3n) is 4.61. The topological polar surface area (TPSA) is 84.4 Å². The zero-order valence-electron chi connectivity index (χ0n) is 15.0. The average molecular weight is 365 g/mol. The van der Waals surface area contributed by atoms with Crippen LogP contribution in [0.3, 0.4) is 0 Å². The van der Waals surface area contributed by atoms with Crippen molar-refractivity contribution in [2.75, 3.05) is 65.8 Å². The minimum Gasteiger partial charge on any atom is -0.472 e. The average Bonchev–Trinajstić information content (AvgIpc) is 3.19. The number of aromatic nitrogens is 1. The van der Waals surface area contributed by atoms with E-state index in [9.17, 15) is 4.79 Å². The quantitative estimate of drug-likeness (QED) is 0.650. The number of aliphatic hydroxyl groups excluding tert-OH is 1. The SMILES string of the molecule is O=C(c1ccc(OC2CCOC2)nc1)N1CCN(CCOCCO)CC1. The molecule has 1 unspecified atom stereocenters. The van der Waals surface area contributed by atoms with E-state index in [1.807, 2.05) is 4.90 Å². The molecule has 0 saturated carbocycles. The lowest BCUT2D eigenvalue weighted by atomic mass is 10.2. The summed E-state index contributed by atoms with van der Waals surface area (Å²) < 4.78 is 16.3. The number of rotatable bonds is 8. The van der Waals surface area contributed by atoms with E-state index < -0.39 is 0 Å². The first-order valence-corrected chi connectivity index (χ1v) is 9.17. The van der Waals surface area contributed by atoms with Gasteiger partial charge in [0.1, 0.15) is 6.10 Å². The minimum absolute atomic E-state index is 0.00410. The van der Waals surface area contributed by atoms with Gasteiger partial charge in [-0.25, -0.2) is 4.98 Å². The number of carbonyl (C=O) groups excluding carboxylic acids is 1. The molecule has 0 aliphatic carbocycles. The van der Waals surface area contributed by atoms with E-state index in [-0.39, 0.29) is 18.6 Å². The van der Waals surface area contributed by atoms with Gasteiger partial charge in [0.25, 0.3) is 5.91 Å². The Balaban J connectivity index is 1.43. The molecule has 2 saturated heterocycles. The molecule has 1 atom stereocenters. The molecule has 8 nitrogen and oxygen atoms in total. The maximum Gasteiger partial charge on any atom is 0.255 e. The lowest BCUT2D eigenvalue weighted by molar-refractivity contribution is 0.0486. The third-order valence-corrected chi connectivity index (χ3v) is 4.61. The standard InChI is InChI=1S/C18H27N3O5/c22-9-12-24-11-8-20-4-6-21(7-5-20)18(23)15-1-2-17(19-13-15)26-16-3-10-25-14-16/h1-2,13,16,22H,3-12,14H2. The number of amides is 1. The largest absolute Gasteiger partial charge is 0.472 e. The van der Waals surface area contributed by atoms with Crippen molar-refractivity contribution in [3.63, 3.8) is 0 Å². The molecule has 26 heavy (non-hydrogen) atoms. The molecular formula is C18H27N3O5. The van der Waals surface area contributed by atoms with E-state index in [0.29, 0.717) is 44.4 Å². The number of pyridine rings is 1. The molecule has 3 rings (SSSR count). The highest BCUT2D eigenvalue weighted by atomic mass is 16.5. The second-order valence-corrected chi connectivity index (χ2v) is 6.46. The van der Waals surface area contributed by atoms with E-state index in [1.54, 1.807) is 18.3 Å². The van der Waals surface area contributed by atoms with Crippen LogP contribution in [0.2, 0.25) is 0 Å². The summed E-state index contributed by atoms with van der Waals surface area (Å²) in [5.74, 6) is 0.536. The summed E-state index contributed by atoms with van der Waals surface area (Å²) >= 11 is 0. The van der Waals surface area contributed by atoms with Crippen molar-refractivity contribution in [2.45, 2.75) is 12.5 Å². The highest BCUT2D eigenvalue weighted by Gasteiger charge is 2.23. The third kappa shape index (κ3) is 5.38. The van der Waals surface area contributed by atoms with Crippen LogP contribution in [0.25, 0.3) is 0 Å². The first-order chi connectivity index (χ1) is 12.8. The van der Waals surface area contributed by atoms with Gasteiger partial charge in [0.05, 0.1) is 38.6 Å². The van der Waals surface area contributed by atoms with Crippen molar-refractivity contribution in [3.05, 3.63) is 23.9 Å². The predicted molar refractivity (Wildman–Crippen MR) is 94.3 cm³/mol. The Labute approximate surface area is 153 Å². The second-order valence-electron chi connectivity index (χ2n) is 6.46. The van der Waals surface area contributed by atoms with Gasteiger partial charge in [0.2, 0.25) is 5.88 Å². The van der Waals surface area contributed by atoms with Gasteiger partial charge in [0, 0.05) is 51.4 Å². The predicted octanol–water partition coefficient (Wildman–Crippen LogP) is 0.0160. The summed E-state index contributed by atoms with van der Waals surface area (Å²) in [6, 6.07) is 3.52. The maximum absolute atomic E-state index is 12.6. The highest BCUT2D eigenvalue weighted by Crippen LogP contribution is 2.16. The number of piperazine rings is 1. The Morgan fingerprint density at radius 3 is 2.77 bits per heavy atom. The van der Waals surface area contributed by atoms with E-state index in [0.717, 1.165) is 32.7 Å². The number of ether oxygens (including phenoxy) is 3. The molecule has 1 amide bonds. The van der Waals surface area contributed by atoms with Crippen molar-refractivity contribution in [1.29, 1.82) is 0 Å². The fourth-order valence-electron chi connectivity index (χ4n) is 3.07. The lowest BCUT2D eigenvalue weighted by Gasteiger charge is -2.34. The van der Waals surface area contributed by atoms with Crippen LogP contribution in [0.15, 0.2) is 18.3 Å². The fourth-order valence-corrected chi connectivity index (χ4v) is 3.07. The summed E-state index contributed by atoms with van der Waals surface area (Å²) in [6.07, 6.45) is 2.51. The summed E-state index contributed by atoms with van der Waals surface area (Å²) in [4.78, 5) is 21.0. The van der Waals surface area contributed by atoms with Crippen LogP contribution < -0.4 is 4.74 Å². The van der Waals surface area contributed by atoms with Crippen molar-refractivity contribution in [1.82, 2.24) is 14.8 Å². The zero-order valence-corrected chi connectivity index (χ0v) is 15.0. The molecule has 0 radical (unpaired) electrons. The number of carbonyl (C=O) groups is 1. The molecule has 0 aromatic carbocycles. The smallest absolute Gasteiger partial charge is 0.255 e. The Morgan fingerprint density at radius 2 is 2.12 bits per heavy atom. The van der Waals surface area contributed by atoms with Crippen LogP contribution in [-0.2, 0) is 9.47 Å². The van der Waals surface area contributed by atoms with Crippen LogP contribution in [0.1, 0.15) is 16.8 Å². The molecular weight excluding hydrogens is 338 g/mol. The van der Waals surface area contributed by atoms with Crippen LogP contribution in [0.5, 0.6) is 5.88 Å². The zero-order chi connectivity index (χ0) is 18.2. The molecule has 2 aliphatic rings. The molecule has 0 spiro atoms. The van der Waals surface area contributed by atoms with Crippen molar-refractivity contribution < 1.29 is 24.1 Å². The Morgan fingerprint density at radius 1 is 1.27 bits per heavy atom. The van der Waals surface area contributed by atoms with Gasteiger partial charge in [-0.2, -0.15) is 0 Å². The molecule has 2 aliphatic heterocycles. The van der Waals surface area contributed by atoms with Crippen LogP contribution >= 0.6 is 0 Å². The molecule has 2 fully saturated rings. The van der Waals surface area contributed by atoms with Gasteiger partial charge in [-0.05, 0) is 6.07 Å². The normalized spacial score (nSPS) is 21.1. The molecule has 8 heteroatoms. The number of aliphatic hydroxyl groups is 1. The molecule has 1 N–H and O–H groups in total. The summed E-state index contributed by atoms with van der Waals surface area (Å²) in [5.41, 5.74) is 0.583. The van der Waals surface area contributed by atoms with Crippen LogP contribution in [0.4, 0.5) is 0 Å². The molecule has 1 aromatic heterocycles. The Kier molecular flexibility index (Phi) is 7.19. The van der Waals surface area contributed by atoms with E-state index in [4.69, 9.17) is 19.3 Å². The first-order valence-electron chi connectivity index (χ1n) is 9.17. The van der Waals surface area contributed by atoms with E-state index in [2.05, 4.69) is 9.88 Å². The number of nitrogens with zero attached hydrogens (tertiary/aromatic N) is 3. The number of hydrogen-bond acceptors (Lipinski definition) is 7. The van der Waals surface area contributed by atoms with Gasteiger partial charge in [-0.15, -0.1) is 0 Å². The second kappa shape index (κ2) is 9.82. The summed E-state index contributed by atoms with van der Waals surface area (Å²) in [7, 11) is 0. The summed E-state index contributed by atoms with van der Waals surface area (Å²) in [5, 5.41) is 8.69. The lowest BCUT2D eigenvalue weighted by Crippen LogP contribution is -2.49. The fraction of sp³-hybridized carbons (Fsp3) is 0.667. The highest BCUT2D eigenvalue weighted by molar-refractivity contribution is 5.94. The van der Waals surface area contributed by atoms with Crippen LogP contribution in [-0.4, -0.2) is 97.7 Å². The first kappa shape index (κ1) is 19.0. The molecule has 0 bridgehead atoms. The van der Waals surface area contributed by atoms with Crippen LogP contribution in [0, 0.1) is 0 Å². The maximum atomic E-state index is 12.6. The van der Waals surface area contributed by atoms with E-state index in [1.165, 1.54) is 0 Å². The Bertz CT molecular complexity index is 554. The van der Waals surface area contributed by atoms with Crippen molar-refractivity contribution in [2.24, 2.45) is 0 Å². The Hall–Kier alpha value is -1.74. The van der Waals surface area contributed by atoms with Gasteiger partial charge in [-0.3, -0.25) is 9.69 Å². The van der Waals surface area contributed by atoms with Gasteiger partial charge >= 0.3 is 0 Å². The summed E-state index contributed by atoms with van der Waals surface area (Å²) in [6.45, 7) is 6.19. The number of hydrogen-bond donors (Lipinski definition) is 1.